The second-order valence-electron chi connectivity index (χ2n) is 13.3. The second-order valence-corrected chi connectivity index (χ2v) is 14.5. The molecule has 0 heterocycles. The standard InChI is InChI=1S/C38H75O7P/c1-3-5-7-9-11-13-15-17-18-19-20-21-22-24-26-28-30-32-34-43-35-37(36-44-46(40,41)42)45-38(39)33-31-29-27-25-23-16-14-12-10-8-6-4-2/h12,14,37H,3-11,13,15-36H2,1-2H3,(H2,40,41,42)/b14-12-/t37-/m1/s1. The highest BCUT2D eigenvalue weighted by molar-refractivity contribution is 7.46. The summed E-state index contributed by atoms with van der Waals surface area (Å²) < 4.78 is 26.9. The van der Waals surface area contributed by atoms with Gasteiger partial charge in [0.1, 0.15) is 6.10 Å². The van der Waals surface area contributed by atoms with Crippen molar-refractivity contribution in [3.63, 3.8) is 0 Å². The van der Waals surface area contributed by atoms with Gasteiger partial charge < -0.3 is 19.3 Å². The maximum Gasteiger partial charge on any atom is 0.469 e. The number of rotatable bonds is 37. The number of esters is 1. The zero-order valence-corrected chi connectivity index (χ0v) is 31.1. The molecule has 0 unspecified atom stereocenters. The van der Waals surface area contributed by atoms with E-state index in [1.54, 1.807) is 0 Å². The zero-order valence-electron chi connectivity index (χ0n) is 30.2. The Balaban J connectivity index is 3.76. The molecular weight excluding hydrogens is 599 g/mol. The van der Waals surface area contributed by atoms with Crippen molar-refractivity contribution >= 4 is 13.8 Å². The van der Waals surface area contributed by atoms with Crippen LogP contribution in [0.1, 0.15) is 200 Å². The number of unbranched alkanes of at least 4 members (excludes halogenated alkanes) is 25. The molecule has 1 atom stereocenters. The molecule has 46 heavy (non-hydrogen) atoms. The van der Waals surface area contributed by atoms with E-state index < -0.39 is 13.9 Å². The van der Waals surface area contributed by atoms with E-state index in [9.17, 15) is 9.36 Å². The van der Waals surface area contributed by atoms with Gasteiger partial charge in [0.25, 0.3) is 0 Å². The van der Waals surface area contributed by atoms with Crippen molar-refractivity contribution in [2.45, 2.75) is 206 Å². The normalized spacial score (nSPS) is 12.7. The van der Waals surface area contributed by atoms with Gasteiger partial charge in [-0.05, 0) is 38.5 Å². The lowest BCUT2D eigenvalue weighted by Crippen LogP contribution is -2.28. The molecule has 0 amide bonds. The number of hydrogen-bond acceptors (Lipinski definition) is 5. The van der Waals surface area contributed by atoms with Crippen LogP contribution in [0.4, 0.5) is 0 Å². The Bertz CT molecular complexity index is 709. The molecule has 0 aromatic carbocycles. The molecule has 0 aromatic heterocycles. The SMILES string of the molecule is CCCCC/C=C\CCCCCCCC(=O)O[C@H](COCCCCCCCCCCCCCCCCCCCC)COP(=O)(O)O. The van der Waals surface area contributed by atoms with Gasteiger partial charge in [0.15, 0.2) is 0 Å². The van der Waals surface area contributed by atoms with Crippen LogP contribution in [0.5, 0.6) is 0 Å². The highest BCUT2D eigenvalue weighted by atomic mass is 31.2. The van der Waals surface area contributed by atoms with Gasteiger partial charge in [-0.25, -0.2) is 4.57 Å². The molecule has 0 aliphatic rings. The first-order valence-corrected chi connectivity index (χ1v) is 21.0. The molecular formula is C38H75O7P. The molecule has 0 aliphatic carbocycles. The van der Waals surface area contributed by atoms with Gasteiger partial charge in [0.05, 0.1) is 13.2 Å². The quantitative estimate of drug-likeness (QED) is 0.0292. The summed E-state index contributed by atoms with van der Waals surface area (Å²) in [5, 5.41) is 0. The Hall–Kier alpha value is -0.720. The van der Waals surface area contributed by atoms with Gasteiger partial charge >= 0.3 is 13.8 Å². The van der Waals surface area contributed by atoms with Gasteiger partial charge in [-0.1, -0.05) is 167 Å². The van der Waals surface area contributed by atoms with Crippen molar-refractivity contribution in [2.75, 3.05) is 19.8 Å². The largest absolute Gasteiger partial charge is 0.469 e. The zero-order chi connectivity index (χ0) is 33.8. The van der Waals surface area contributed by atoms with Crippen molar-refractivity contribution in [3.8, 4) is 0 Å². The van der Waals surface area contributed by atoms with Crippen molar-refractivity contribution in [3.05, 3.63) is 12.2 Å². The van der Waals surface area contributed by atoms with E-state index >= 15 is 0 Å². The summed E-state index contributed by atoms with van der Waals surface area (Å²) in [4.78, 5) is 30.5. The fraction of sp³-hybridized carbons (Fsp3) is 0.921. The van der Waals surface area contributed by atoms with Crippen LogP contribution in [0.15, 0.2) is 12.2 Å². The van der Waals surface area contributed by atoms with Crippen molar-refractivity contribution in [2.24, 2.45) is 0 Å². The summed E-state index contributed by atoms with van der Waals surface area (Å²) in [6.07, 6.45) is 39.2. The van der Waals surface area contributed by atoms with Crippen molar-refractivity contribution in [1.82, 2.24) is 0 Å². The minimum absolute atomic E-state index is 0.0800. The highest BCUT2D eigenvalue weighted by Crippen LogP contribution is 2.36. The number of carbonyl (C=O) groups excluding carboxylic acids is 1. The second kappa shape index (κ2) is 35.6. The fourth-order valence-corrected chi connectivity index (χ4v) is 6.03. The smallest absolute Gasteiger partial charge is 0.457 e. The fourth-order valence-electron chi connectivity index (χ4n) is 5.67. The van der Waals surface area contributed by atoms with E-state index in [1.165, 1.54) is 135 Å². The summed E-state index contributed by atoms with van der Waals surface area (Å²) >= 11 is 0. The molecule has 0 radical (unpaired) electrons. The van der Waals surface area contributed by atoms with Crippen LogP contribution < -0.4 is 0 Å². The lowest BCUT2D eigenvalue weighted by molar-refractivity contribution is -0.154. The van der Waals surface area contributed by atoms with Crippen LogP contribution in [0.3, 0.4) is 0 Å². The summed E-state index contributed by atoms with van der Waals surface area (Å²) in [6.45, 7) is 4.74. The number of ether oxygens (including phenoxy) is 2. The molecule has 8 heteroatoms. The first kappa shape index (κ1) is 45.3. The number of allylic oxidation sites excluding steroid dienone is 2. The maximum atomic E-state index is 12.3. The third-order valence-corrected chi connectivity index (χ3v) is 9.05. The molecule has 0 rings (SSSR count). The lowest BCUT2D eigenvalue weighted by atomic mass is 10.0. The molecule has 0 aromatic rings. The summed E-state index contributed by atoms with van der Waals surface area (Å²) in [7, 11) is -4.64. The van der Waals surface area contributed by atoms with E-state index in [0.717, 1.165) is 44.9 Å². The third kappa shape index (κ3) is 37.7. The van der Waals surface area contributed by atoms with E-state index in [4.69, 9.17) is 19.3 Å². The van der Waals surface area contributed by atoms with Crippen LogP contribution in [0, 0.1) is 0 Å². The molecule has 274 valence electrons. The van der Waals surface area contributed by atoms with Gasteiger partial charge in [0.2, 0.25) is 0 Å². The lowest BCUT2D eigenvalue weighted by Gasteiger charge is -2.18. The van der Waals surface area contributed by atoms with Gasteiger partial charge in [-0.15, -0.1) is 0 Å². The molecule has 0 saturated carbocycles. The monoisotopic (exact) mass is 675 g/mol. The van der Waals surface area contributed by atoms with Crippen LogP contribution in [0.25, 0.3) is 0 Å². The van der Waals surface area contributed by atoms with E-state index in [1.807, 2.05) is 0 Å². The van der Waals surface area contributed by atoms with E-state index in [0.29, 0.717) is 13.0 Å². The van der Waals surface area contributed by atoms with E-state index in [-0.39, 0.29) is 19.2 Å². The minimum atomic E-state index is -4.64. The Morgan fingerprint density at radius 3 is 1.43 bits per heavy atom. The summed E-state index contributed by atoms with van der Waals surface area (Å²) in [5.74, 6) is -0.369. The first-order valence-electron chi connectivity index (χ1n) is 19.5. The average molecular weight is 675 g/mol. The number of phosphoric ester groups is 1. The van der Waals surface area contributed by atoms with Crippen molar-refractivity contribution in [1.29, 1.82) is 0 Å². The number of hydrogen-bond donors (Lipinski definition) is 2. The topological polar surface area (TPSA) is 102 Å². The van der Waals surface area contributed by atoms with Crippen LogP contribution in [-0.4, -0.2) is 41.7 Å². The maximum absolute atomic E-state index is 12.3. The molecule has 0 fully saturated rings. The molecule has 0 aliphatic heterocycles. The molecule has 7 nitrogen and oxygen atoms in total. The molecule has 0 spiro atoms. The minimum Gasteiger partial charge on any atom is -0.457 e. The van der Waals surface area contributed by atoms with Crippen LogP contribution in [-0.2, 0) is 23.4 Å². The Morgan fingerprint density at radius 2 is 0.957 bits per heavy atom. The Labute approximate surface area is 284 Å². The van der Waals surface area contributed by atoms with Crippen LogP contribution in [0.2, 0.25) is 0 Å². The van der Waals surface area contributed by atoms with Gasteiger partial charge in [0, 0.05) is 13.0 Å². The van der Waals surface area contributed by atoms with Crippen LogP contribution >= 0.6 is 7.82 Å². The Kier molecular flexibility index (Phi) is 35.0. The summed E-state index contributed by atoms with van der Waals surface area (Å²) in [5.41, 5.74) is 0. The number of phosphoric acid groups is 1. The predicted molar refractivity (Wildman–Crippen MR) is 193 cm³/mol. The molecule has 0 bridgehead atoms. The highest BCUT2D eigenvalue weighted by Gasteiger charge is 2.21. The molecule has 2 N–H and O–H groups in total. The van der Waals surface area contributed by atoms with Crippen molar-refractivity contribution < 1.29 is 33.1 Å². The van der Waals surface area contributed by atoms with Gasteiger partial charge in [-0.2, -0.15) is 0 Å². The Morgan fingerprint density at radius 1 is 0.565 bits per heavy atom. The predicted octanol–water partition coefficient (Wildman–Crippen LogP) is 11.9. The first-order chi connectivity index (χ1) is 22.4. The average Bonchev–Trinajstić information content (AvgIpc) is 3.02. The number of carbonyl (C=O) groups is 1. The summed E-state index contributed by atoms with van der Waals surface area (Å²) in [6, 6.07) is 0. The third-order valence-electron chi connectivity index (χ3n) is 8.57. The van der Waals surface area contributed by atoms with Gasteiger partial charge in [-0.3, -0.25) is 9.32 Å². The molecule has 0 saturated heterocycles. The van der Waals surface area contributed by atoms with E-state index in [2.05, 4.69) is 30.5 Å².